The number of hydrogen-bond acceptors (Lipinski definition) is 13. The molecule has 0 aromatic carbocycles. The summed E-state index contributed by atoms with van der Waals surface area (Å²) in [4.78, 5) is 9.34. The summed E-state index contributed by atoms with van der Waals surface area (Å²) in [6, 6.07) is 0. The molecular formula is C67H109F12LiO13Si2. The molecule has 18 atom stereocenters. The molecule has 0 aromatic rings. The van der Waals surface area contributed by atoms with Crippen LogP contribution in [0.15, 0.2) is 34.9 Å². The van der Waals surface area contributed by atoms with Gasteiger partial charge in [-0.3, -0.25) is 4.79 Å². The van der Waals surface area contributed by atoms with E-state index in [9.17, 15) is 62.6 Å². The van der Waals surface area contributed by atoms with Gasteiger partial charge in [0.2, 0.25) is 5.78 Å². The number of methoxy groups -OCH3 is 3. The molecule has 3 saturated carbocycles. The number of halogens is 12. The molecule has 548 valence electrons. The SMILES string of the molecule is CC(=O)C(F)(F)F.CO[C@@H]1[C@H](O)CC[C@]2(CO2)[C@H]1[C@@]1(C)O[C@@H]1C/C=C(\C)C(F)(F)F.CO[C@@H]1[C@H](O[Si](C)(C)C(C)(C)C)CC[C@]2(CO2)[C@H]1[C@@]1(C)O[C@@H]1C/C=C(/C)C(F)(F)F.CO[C@@H]1[C@H](O[Si](C)(C)C(C)(C)C)CC[C@]2(CO2)[C@H]1[C@@]1(C)O[C@@H]1C/C=C(\C)C(F)(F)F.[CH2-]CCC.[Li+]. The fourth-order valence-electron chi connectivity index (χ4n) is 13.4. The number of rotatable bonds is 17. The largest absolute Gasteiger partial charge is 1.00 e. The fraction of sp³-hybridized carbons (Fsp3) is 0.881. The number of aliphatic hydroxyl groups excluding tert-OH is 1. The number of unbranched alkanes of at least 4 members (excludes halogenated alkanes) is 1. The third-order valence-electron chi connectivity index (χ3n) is 22.0. The number of alkyl halides is 12. The van der Waals surface area contributed by atoms with Crippen LogP contribution in [0.2, 0.25) is 36.3 Å². The zero-order valence-corrected chi connectivity index (χ0v) is 62.1. The maximum Gasteiger partial charge on any atom is 1.00 e. The summed E-state index contributed by atoms with van der Waals surface area (Å²) < 4.78 is 214. The number of aliphatic hydroxyl groups is 1. The van der Waals surface area contributed by atoms with Crippen molar-refractivity contribution in [3.05, 3.63) is 41.9 Å². The number of epoxide rings is 6. The Morgan fingerprint density at radius 2 is 0.758 bits per heavy atom. The van der Waals surface area contributed by atoms with Crippen LogP contribution in [0.1, 0.15) is 168 Å². The number of allylic oxidation sites excluding steroid dienone is 3. The second-order valence-electron chi connectivity index (χ2n) is 30.8. The zero-order chi connectivity index (χ0) is 72.0. The van der Waals surface area contributed by atoms with Crippen molar-refractivity contribution in [3.8, 4) is 0 Å². The molecule has 0 aromatic heterocycles. The van der Waals surface area contributed by atoms with Gasteiger partial charge in [-0.05, 0) is 136 Å². The molecule has 0 bridgehead atoms. The quantitative estimate of drug-likeness (QED) is 0.0483. The van der Waals surface area contributed by atoms with Crippen molar-refractivity contribution in [3.63, 3.8) is 0 Å². The topological polar surface area (TPSA) is 159 Å². The van der Waals surface area contributed by atoms with Crippen molar-refractivity contribution >= 4 is 22.4 Å². The first kappa shape index (κ1) is 86.0. The maximum atomic E-state index is 12.9. The van der Waals surface area contributed by atoms with Gasteiger partial charge in [0.05, 0.1) is 109 Å². The Bertz CT molecular complexity index is 2510. The molecule has 9 rings (SSSR count). The number of Topliss-reactive ketones (excluding diaryl/α,β-unsaturated/α-hetero) is 1. The molecule has 0 unspecified atom stereocenters. The molecule has 9 aliphatic rings. The Kier molecular flexibility index (Phi) is 28.0. The van der Waals surface area contributed by atoms with Gasteiger partial charge in [-0.2, -0.15) is 59.1 Å². The van der Waals surface area contributed by atoms with Crippen LogP contribution in [-0.4, -0.2) is 182 Å². The molecule has 0 radical (unpaired) electrons. The smallest absolute Gasteiger partial charge is 0.411 e. The third kappa shape index (κ3) is 20.5. The molecule has 13 nitrogen and oxygen atoms in total. The molecule has 6 saturated heterocycles. The van der Waals surface area contributed by atoms with Gasteiger partial charge >= 0.3 is 43.6 Å². The maximum absolute atomic E-state index is 12.9. The minimum atomic E-state index is -4.64. The summed E-state index contributed by atoms with van der Waals surface area (Å²) in [5, 5.41) is 10.4. The van der Waals surface area contributed by atoms with Crippen LogP contribution in [0.25, 0.3) is 0 Å². The molecule has 0 amide bonds. The van der Waals surface area contributed by atoms with E-state index in [1.807, 2.05) is 20.8 Å². The Hall–Kier alpha value is -1.40. The van der Waals surface area contributed by atoms with E-state index >= 15 is 0 Å². The number of ether oxygens (including phenoxy) is 9. The van der Waals surface area contributed by atoms with Gasteiger partial charge in [0, 0.05) is 45.0 Å². The standard InChI is InChI=1S/2C22H37F3O4Si.C16H23F3O4.C4H9.C3H3F3O.Li/c2*1-14(22(23,24)25)9-10-16-20(5,28-16)18-17(26-6)15(11-12-21(18)13-27-21)29-30(7,8)19(2,3)4;1-9(16(17,18)19)4-5-11-14(2,23-11)13-12(21-3)10(20)6-7-15(13)8-22-15;1-3-4-2;1-2(7)3(4,5)6;/h2*9,15-18H,10-13H2,1-8H3;4,10-13,20H,5-8H2,1-3H3;1,3-4H2,2H3;1H3;/q;;;-1;;+1/b14-9+;14-9-;9-4+;;;/t2*15-,16-,17-,18-,20+,21+;10-,11-,12-,13-,14+,15+;;;/m111.../s1. The van der Waals surface area contributed by atoms with Crippen molar-refractivity contribution in [2.24, 2.45) is 17.8 Å². The normalized spacial score (nSPS) is 37.8. The van der Waals surface area contributed by atoms with Crippen LogP contribution in [-0.2, 0) is 56.3 Å². The average Bonchev–Trinajstić information content (AvgIpc) is 1.55. The summed E-state index contributed by atoms with van der Waals surface area (Å²) >= 11 is 0. The van der Waals surface area contributed by atoms with Crippen LogP contribution in [0.3, 0.4) is 0 Å². The fourth-order valence-corrected chi connectivity index (χ4v) is 16.1. The van der Waals surface area contributed by atoms with Crippen molar-refractivity contribution < 1.29 is 133 Å². The van der Waals surface area contributed by atoms with Gasteiger partial charge in [-0.25, -0.2) is 0 Å². The Labute approximate surface area is 570 Å². The summed E-state index contributed by atoms with van der Waals surface area (Å²) in [6.45, 7) is 39.4. The molecule has 6 heterocycles. The zero-order valence-electron chi connectivity index (χ0n) is 60.1. The van der Waals surface area contributed by atoms with Gasteiger partial charge in [0.15, 0.2) is 16.6 Å². The van der Waals surface area contributed by atoms with Gasteiger partial charge in [-0.1, -0.05) is 73.1 Å². The van der Waals surface area contributed by atoms with Gasteiger partial charge in [0.25, 0.3) is 0 Å². The number of carbonyl (C=O) groups is 1. The van der Waals surface area contributed by atoms with Gasteiger partial charge in [-0.15, -0.1) is 0 Å². The van der Waals surface area contributed by atoms with E-state index in [4.69, 9.17) is 51.5 Å². The van der Waals surface area contributed by atoms with Crippen molar-refractivity contribution in [1.29, 1.82) is 0 Å². The molecule has 6 aliphatic heterocycles. The Balaban J connectivity index is 0.000000281. The van der Waals surface area contributed by atoms with E-state index in [0.29, 0.717) is 33.2 Å². The Morgan fingerprint density at radius 1 is 0.516 bits per heavy atom. The van der Waals surface area contributed by atoms with E-state index in [1.165, 1.54) is 31.8 Å². The molecule has 9 fully saturated rings. The van der Waals surface area contributed by atoms with Crippen LogP contribution in [0, 0.1) is 24.7 Å². The second-order valence-corrected chi connectivity index (χ2v) is 40.3. The monoisotopic (exact) mass is 1410 g/mol. The first-order valence-corrected chi connectivity index (χ1v) is 38.6. The first-order chi connectivity index (χ1) is 42.6. The number of hydrogen-bond donors (Lipinski definition) is 1. The number of carbonyl (C=O) groups excluding carboxylic acids is 1. The van der Waals surface area contributed by atoms with Crippen molar-refractivity contribution in [1.82, 2.24) is 0 Å². The summed E-state index contributed by atoms with van der Waals surface area (Å²) in [5.74, 6) is -2.06. The van der Waals surface area contributed by atoms with E-state index in [0.717, 1.165) is 59.3 Å². The average molecular weight is 1410 g/mol. The van der Waals surface area contributed by atoms with E-state index < -0.39 is 92.9 Å². The summed E-state index contributed by atoms with van der Waals surface area (Å²) in [5.41, 5.74) is -4.51. The van der Waals surface area contributed by atoms with Crippen LogP contribution in [0.4, 0.5) is 52.7 Å². The van der Waals surface area contributed by atoms with Crippen molar-refractivity contribution in [2.75, 3.05) is 41.2 Å². The summed E-state index contributed by atoms with van der Waals surface area (Å²) in [6.07, 6.45) is -8.61. The third-order valence-corrected chi connectivity index (χ3v) is 31.0. The predicted molar refractivity (Wildman–Crippen MR) is 337 cm³/mol. The molecule has 28 heteroatoms. The minimum absolute atomic E-state index is 0. The summed E-state index contributed by atoms with van der Waals surface area (Å²) in [7, 11) is 0.901. The minimum Gasteiger partial charge on any atom is -0.411 e. The Morgan fingerprint density at radius 3 is 0.958 bits per heavy atom. The second kappa shape index (κ2) is 30.9. The molecule has 3 spiro atoms. The molecule has 3 aliphatic carbocycles. The van der Waals surface area contributed by atoms with Crippen LogP contribution < -0.4 is 18.9 Å². The molecule has 95 heavy (non-hydrogen) atoms. The van der Waals surface area contributed by atoms with E-state index in [2.05, 4.69) is 81.6 Å². The predicted octanol–water partition coefficient (Wildman–Crippen LogP) is 13.6. The van der Waals surface area contributed by atoms with E-state index in [1.54, 1.807) is 14.2 Å². The van der Waals surface area contributed by atoms with Gasteiger partial charge < -0.3 is 63.5 Å². The van der Waals surface area contributed by atoms with Gasteiger partial charge in [0.1, 0.15) is 16.8 Å². The van der Waals surface area contributed by atoms with E-state index in [-0.39, 0.29) is 125 Å². The van der Waals surface area contributed by atoms with Crippen LogP contribution in [0.5, 0.6) is 0 Å². The first-order valence-electron chi connectivity index (χ1n) is 32.8. The molecular weight excluding hydrogens is 1300 g/mol. The molecule has 1 N–H and O–H groups in total. The van der Waals surface area contributed by atoms with Crippen LogP contribution >= 0.6 is 0 Å². The number of ketones is 1. The van der Waals surface area contributed by atoms with Crippen molar-refractivity contribution in [2.45, 2.75) is 317 Å².